The van der Waals surface area contributed by atoms with Gasteiger partial charge in [-0.1, -0.05) is 19.9 Å². The zero-order valence-corrected chi connectivity index (χ0v) is 14.0. The van der Waals surface area contributed by atoms with Crippen molar-refractivity contribution in [2.45, 2.75) is 51.5 Å². The molecule has 22 heavy (non-hydrogen) atoms. The fraction of sp³-hybridized carbons (Fsp3) is 0.588. The van der Waals surface area contributed by atoms with Crippen molar-refractivity contribution < 1.29 is 4.79 Å². The standard InChI is InChI=1S/C17H24N4O/c1-12(9-18)8-16(4)14-13(10-20-21(14)5)6-7-17(16,19)15(2,3)11-22/h8,10-11H,6-7,19H2,1-5H3/b12-8+/t16-,17?/m1/s1. The number of hydrogen-bond acceptors (Lipinski definition) is 4. The van der Waals surface area contributed by atoms with Crippen molar-refractivity contribution in [3.05, 3.63) is 29.1 Å². The lowest BCUT2D eigenvalue weighted by molar-refractivity contribution is -0.119. The van der Waals surface area contributed by atoms with Crippen LogP contribution >= 0.6 is 0 Å². The molecule has 2 rings (SSSR count). The Hall–Kier alpha value is -1.93. The first-order valence-electron chi connectivity index (χ1n) is 7.49. The molecule has 0 amide bonds. The molecule has 0 bridgehead atoms. The maximum atomic E-state index is 11.7. The van der Waals surface area contributed by atoms with Gasteiger partial charge in [-0.2, -0.15) is 10.4 Å². The van der Waals surface area contributed by atoms with Gasteiger partial charge in [0.05, 0.1) is 18.0 Å². The van der Waals surface area contributed by atoms with Crippen LogP contribution in [-0.2, 0) is 23.7 Å². The molecule has 0 fully saturated rings. The molecule has 118 valence electrons. The van der Waals surface area contributed by atoms with E-state index in [0.717, 1.165) is 24.0 Å². The highest BCUT2D eigenvalue weighted by atomic mass is 16.1. The summed E-state index contributed by atoms with van der Waals surface area (Å²) in [6.07, 6.45) is 6.14. The first-order chi connectivity index (χ1) is 10.1. The number of fused-ring (bicyclic) bond motifs is 1. The van der Waals surface area contributed by atoms with E-state index >= 15 is 0 Å². The summed E-state index contributed by atoms with van der Waals surface area (Å²) >= 11 is 0. The summed E-state index contributed by atoms with van der Waals surface area (Å²) in [5.41, 5.74) is 7.40. The van der Waals surface area contributed by atoms with Crippen LogP contribution in [0, 0.1) is 16.7 Å². The van der Waals surface area contributed by atoms with Gasteiger partial charge in [0.25, 0.3) is 0 Å². The first-order valence-corrected chi connectivity index (χ1v) is 7.49. The number of nitrogens with two attached hydrogens (primary N) is 1. The minimum Gasteiger partial charge on any atom is -0.323 e. The van der Waals surface area contributed by atoms with Crippen LogP contribution in [0.25, 0.3) is 0 Å². The molecule has 0 spiro atoms. The highest BCUT2D eigenvalue weighted by Gasteiger charge is 2.58. The van der Waals surface area contributed by atoms with E-state index in [4.69, 9.17) is 5.73 Å². The van der Waals surface area contributed by atoms with Crippen molar-refractivity contribution in [3.63, 3.8) is 0 Å². The van der Waals surface area contributed by atoms with E-state index in [1.54, 1.807) is 6.92 Å². The predicted octanol–water partition coefficient (Wildman–Crippen LogP) is 2.02. The topological polar surface area (TPSA) is 84.7 Å². The van der Waals surface area contributed by atoms with Crippen LogP contribution < -0.4 is 5.73 Å². The van der Waals surface area contributed by atoms with Crippen LogP contribution in [0.3, 0.4) is 0 Å². The van der Waals surface area contributed by atoms with Crippen LogP contribution in [0.4, 0.5) is 0 Å². The number of carbonyl (C=O) groups excluding carboxylic acids is 1. The zero-order chi connectivity index (χ0) is 16.8. The molecule has 1 aliphatic rings. The van der Waals surface area contributed by atoms with Crippen molar-refractivity contribution in [1.82, 2.24) is 9.78 Å². The summed E-state index contributed by atoms with van der Waals surface area (Å²) in [5.74, 6) is 0. The van der Waals surface area contributed by atoms with E-state index < -0.39 is 16.4 Å². The Morgan fingerprint density at radius 3 is 2.77 bits per heavy atom. The van der Waals surface area contributed by atoms with Gasteiger partial charge in [0.15, 0.2) is 0 Å². The molecule has 1 aromatic heterocycles. The summed E-state index contributed by atoms with van der Waals surface area (Å²) in [4.78, 5) is 11.7. The Morgan fingerprint density at radius 1 is 1.59 bits per heavy atom. The molecule has 1 aliphatic carbocycles. The molecule has 0 aromatic carbocycles. The molecule has 2 N–H and O–H groups in total. The molecule has 1 heterocycles. The van der Waals surface area contributed by atoms with Gasteiger partial charge in [-0.25, -0.2) is 0 Å². The average Bonchev–Trinajstić information content (AvgIpc) is 2.85. The van der Waals surface area contributed by atoms with Crippen molar-refractivity contribution in [2.24, 2.45) is 18.2 Å². The maximum Gasteiger partial charge on any atom is 0.127 e. The number of aryl methyl sites for hydroxylation is 2. The van der Waals surface area contributed by atoms with Gasteiger partial charge in [-0.3, -0.25) is 4.68 Å². The van der Waals surface area contributed by atoms with Crippen LogP contribution in [0.2, 0.25) is 0 Å². The highest BCUT2D eigenvalue weighted by molar-refractivity contribution is 5.64. The normalized spacial score (nSPS) is 28.9. The lowest BCUT2D eigenvalue weighted by atomic mass is 9.52. The van der Waals surface area contributed by atoms with Crippen LogP contribution in [0.15, 0.2) is 17.8 Å². The summed E-state index contributed by atoms with van der Waals surface area (Å²) < 4.78 is 1.82. The maximum absolute atomic E-state index is 11.7. The third-order valence-corrected chi connectivity index (χ3v) is 5.35. The van der Waals surface area contributed by atoms with Crippen LogP contribution in [0.1, 0.15) is 45.4 Å². The molecule has 5 heteroatoms. The molecule has 2 atom stereocenters. The van der Waals surface area contributed by atoms with Gasteiger partial charge < -0.3 is 10.5 Å². The van der Waals surface area contributed by atoms with E-state index in [-0.39, 0.29) is 0 Å². The third kappa shape index (κ3) is 2.02. The monoisotopic (exact) mass is 300 g/mol. The minimum absolute atomic E-state index is 0.591. The third-order valence-electron chi connectivity index (χ3n) is 5.35. The van der Waals surface area contributed by atoms with E-state index in [1.807, 2.05) is 44.8 Å². The predicted molar refractivity (Wildman–Crippen MR) is 85.0 cm³/mol. The van der Waals surface area contributed by atoms with Gasteiger partial charge in [-0.05, 0) is 32.3 Å². The fourth-order valence-electron chi connectivity index (χ4n) is 3.90. The van der Waals surface area contributed by atoms with Crippen molar-refractivity contribution in [2.75, 3.05) is 0 Å². The molecular weight excluding hydrogens is 276 g/mol. The molecule has 0 saturated heterocycles. The quantitative estimate of drug-likeness (QED) is 0.683. The van der Waals surface area contributed by atoms with Gasteiger partial charge in [-0.15, -0.1) is 0 Å². The summed E-state index contributed by atoms with van der Waals surface area (Å²) in [5, 5.41) is 13.6. The summed E-state index contributed by atoms with van der Waals surface area (Å²) in [7, 11) is 1.88. The molecule has 0 aliphatic heterocycles. The number of allylic oxidation sites excluding steroid dienone is 1. The highest BCUT2D eigenvalue weighted by Crippen LogP contribution is 2.51. The lowest BCUT2D eigenvalue weighted by Gasteiger charge is -2.54. The summed E-state index contributed by atoms with van der Waals surface area (Å²) in [6.45, 7) is 7.52. The molecular formula is C17H24N4O. The summed E-state index contributed by atoms with van der Waals surface area (Å²) in [6, 6.07) is 2.17. The zero-order valence-electron chi connectivity index (χ0n) is 14.0. The fourth-order valence-corrected chi connectivity index (χ4v) is 3.90. The van der Waals surface area contributed by atoms with Gasteiger partial charge >= 0.3 is 0 Å². The Balaban J connectivity index is 2.81. The van der Waals surface area contributed by atoms with E-state index in [1.165, 1.54) is 0 Å². The lowest BCUT2D eigenvalue weighted by Crippen LogP contribution is -2.67. The number of rotatable bonds is 3. The number of nitriles is 1. The second-order valence-electron chi connectivity index (χ2n) is 7.09. The number of carbonyl (C=O) groups is 1. The number of hydrogen-bond donors (Lipinski definition) is 1. The van der Waals surface area contributed by atoms with Crippen molar-refractivity contribution >= 4 is 6.29 Å². The molecule has 1 unspecified atom stereocenters. The van der Waals surface area contributed by atoms with Gasteiger partial charge in [0.2, 0.25) is 0 Å². The SMILES string of the molecule is C/C(C#N)=C\[C@]1(C)c2c(cnn2C)CCC1(N)C(C)(C)C=O. The minimum atomic E-state index is -0.791. The smallest absolute Gasteiger partial charge is 0.127 e. The molecule has 1 aromatic rings. The van der Waals surface area contributed by atoms with Crippen molar-refractivity contribution in [3.8, 4) is 6.07 Å². The van der Waals surface area contributed by atoms with Crippen LogP contribution in [0.5, 0.6) is 0 Å². The second-order valence-corrected chi connectivity index (χ2v) is 7.09. The van der Waals surface area contributed by atoms with E-state index in [2.05, 4.69) is 11.2 Å². The molecule has 0 saturated carbocycles. The Morgan fingerprint density at radius 2 is 2.23 bits per heavy atom. The number of nitrogens with zero attached hydrogens (tertiary/aromatic N) is 3. The average molecular weight is 300 g/mol. The molecule has 0 radical (unpaired) electrons. The Kier molecular flexibility index (Phi) is 3.78. The van der Waals surface area contributed by atoms with Gasteiger partial charge in [0.1, 0.15) is 6.29 Å². The second kappa shape index (κ2) is 5.06. The number of aromatic nitrogens is 2. The van der Waals surface area contributed by atoms with E-state index in [9.17, 15) is 10.1 Å². The Bertz CT molecular complexity index is 679. The number of aldehydes is 1. The molecule has 5 nitrogen and oxygen atoms in total. The van der Waals surface area contributed by atoms with Crippen LogP contribution in [-0.4, -0.2) is 21.6 Å². The van der Waals surface area contributed by atoms with Gasteiger partial charge in [0, 0.05) is 29.0 Å². The first kappa shape index (κ1) is 16.4. The largest absolute Gasteiger partial charge is 0.323 e. The Labute approximate surface area is 131 Å². The van der Waals surface area contributed by atoms with Crippen molar-refractivity contribution in [1.29, 1.82) is 5.26 Å². The van der Waals surface area contributed by atoms with E-state index in [0.29, 0.717) is 12.0 Å².